The Morgan fingerprint density at radius 2 is 1.57 bits per heavy atom. The monoisotopic (exact) mass is 318 g/mol. The second-order valence-electron chi connectivity index (χ2n) is 7.04. The molecule has 1 aromatic carbocycles. The summed E-state index contributed by atoms with van der Waals surface area (Å²) in [5.41, 5.74) is 2.58. The van der Waals surface area contributed by atoms with Crippen LogP contribution in [-0.2, 0) is 4.79 Å². The second kappa shape index (κ2) is 9.71. The van der Waals surface area contributed by atoms with Gasteiger partial charge in [0.2, 0.25) is 5.91 Å². The first-order valence-electron chi connectivity index (χ1n) is 9.01. The summed E-state index contributed by atoms with van der Waals surface area (Å²) in [6, 6.07) is 6.07. The lowest BCUT2D eigenvalue weighted by Crippen LogP contribution is -2.50. The van der Waals surface area contributed by atoms with Gasteiger partial charge in [-0.05, 0) is 51.8 Å². The van der Waals surface area contributed by atoms with Crippen LogP contribution in [0, 0.1) is 13.8 Å². The van der Waals surface area contributed by atoms with E-state index in [-0.39, 0.29) is 5.91 Å². The average molecular weight is 319 g/mol. The lowest BCUT2D eigenvalue weighted by Gasteiger charge is -2.26. The summed E-state index contributed by atoms with van der Waals surface area (Å²) in [5.74, 6) is 0.0286. The van der Waals surface area contributed by atoms with Crippen molar-refractivity contribution in [1.29, 1.82) is 0 Å². The molecule has 130 valence electrons. The van der Waals surface area contributed by atoms with E-state index in [4.69, 9.17) is 0 Å². The molecule has 0 saturated carbocycles. The standard InChI is InChI=1S/C20H34N2O/c1-6-7-8-9-10-11-15-21-20(4,5)19(23)22-18-16(2)13-12-14-17(18)3/h12-14,21H,6-11,15H2,1-5H3,(H,22,23). The summed E-state index contributed by atoms with van der Waals surface area (Å²) in [7, 11) is 0. The van der Waals surface area contributed by atoms with E-state index in [1.807, 2.05) is 45.9 Å². The van der Waals surface area contributed by atoms with Gasteiger partial charge in [0.05, 0.1) is 5.54 Å². The third kappa shape index (κ3) is 6.74. The Morgan fingerprint density at radius 1 is 1.00 bits per heavy atom. The molecule has 0 spiro atoms. The molecule has 0 bridgehead atoms. The van der Waals surface area contributed by atoms with Gasteiger partial charge in [0.1, 0.15) is 0 Å². The van der Waals surface area contributed by atoms with Crippen LogP contribution in [0.1, 0.15) is 70.4 Å². The minimum atomic E-state index is -0.557. The maximum absolute atomic E-state index is 12.6. The van der Waals surface area contributed by atoms with E-state index in [1.165, 1.54) is 32.1 Å². The van der Waals surface area contributed by atoms with Gasteiger partial charge in [-0.2, -0.15) is 0 Å². The normalized spacial score (nSPS) is 11.5. The van der Waals surface area contributed by atoms with Gasteiger partial charge in [-0.1, -0.05) is 57.2 Å². The number of carbonyl (C=O) groups is 1. The quantitative estimate of drug-likeness (QED) is 0.598. The van der Waals surface area contributed by atoms with Crippen LogP contribution in [-0.4, -0.2) is 18.0 Å². The van der Waals surface area contributed by atoms with Crippen LogP contribution in [0.15, 0.2) is 18.2 Å². The minimum absolute atomic E-state index is 0.0286. The summed E-state index contributed by atoms with van der Waals surface area (Å²) in [5, 5.41) is 6.48. The first kappa shape index (κ1) is 19.7. The molecule has 0 atom stereocenters. The fourth-order valence-electron chi connectivity index (χ4n) is 2.67. The van der Waals surface area contributed by atoms with E-state index in [9.17, 15) is 4.79 Å². The molecule has 1 aromatic rings. The van der Waals surface area contributed by atoms with E-state index in [1.54, 1.807) is 0 Å². The van der Waals surface area contributed by atoms with Crippen molar-refractivity contribution in [3.63, 3.8) is 0 Å². The Morgan fingerprint density at radius 3 is 2.17 bits per heavy atom. The summed E-state index contributed by atoms with van der Waals surface area (Å²) in [6.45, 7) is 11.1. The summed E-state index contributed by atoms with van der Waals surface area (Å²) >= 11 is 0. The van der Waals surface area contributed by atoms with E-state index < -0.39 is 5.54 Å². The molecular formula is C20H34N2O. The second-order valence-corrected chi connectivity index (χ2v) is 7.04. The summed E-state index contributed by atoms with van der Waals surface area (Å²) < 4.78 is 0. The van der Waals surface area contributed by atoms with Gasteiger partial charge < -0.3 is 10.6 Å². The highest BCUT2D eigenvalue weighted by atomic mass is 16.2. The predicted octanol–water partition coefficient (Wildman–Crippen LogP) is 4.97. The topological polar surface area (TPSA) is 41.1 Å². The largest absolute Gasteiger partial charge is 0.324 e. The van der Waals surface area contributed by atoms with Crippen LogP contribution in [0.2, 0.25) is 0 Å². The number of unbranched alkanes of at least 4 members (excludes halogenated alkanes) is 5. The van der Waals surface area contributed by atoms with Crippen LogP contribution in [0.4, 0.5) is 5.69 Å². The molecule has 0 aliphatic heterocycles. The smallest absolute Gasteiger partial charge is 0.244 e. The van der Waals surface area contributed by atoms with Gasteiger partial charge in [0.25, 0.3) is 0 Å². The number of rotatable bonds is 10. The molecule has 3 nitrogen and oxygen atoms in total. The third-order valence-corrected chi connectivity index (χ3v) is 4.38. The number of benzene rings is 1. The van der Waals surface area contributed by atoms with Crippen LogP contribution in [0.3, 0.4) is 0 Å². The summed E-state index contributed by atoms with van der Waals surface area (Å²) in [4.78, 5) is 12.6. The first-order chi connectivity index (χ1) is 10.9. The number of nitrogens with one attached hydrogen (secondary N) is 2. The molecule has 0 radical (unpaired) electrons. The molecule has 23 heavy (non-hydrogen) atoms. The molecule has 1 rings (SSSR count). The Bertz CT molecular complexity index is 474. The molecule has 3 heteroatoms. The zero-order chi connectivity index (χ0) is 17.3. The zero-order valence-electron chi connectivity index (χ0n) is 15.6. The van der Waals surface area contributed by atoms with Crippen LogP contribution >= 0.6 is 0 Å². The highest BCUT2D eigenvalue weighted by Crippen LogP contribution is 2.21. The molecule has 0 aliphatic rings. The highest BCUT2D eigenvalue weighted by Gasteiger charge is 2.27. The Kier molecular flexibility index (Phi) is 8.32. The Labute approximate surface area is 142 Å². The zero-order valence-corrected chi connectivity index (χ0v) is 15.6. The van der Waals surface area contributed by atoms with Crippen LogP contribution in [0.5, 0.6) is 0 Å². The SMILES string of the molecule is CCCCCCCCNC(C)(C)C(=O)Nc1c(C)cccc1C. The number of hydrogen-bond acceptors (Lipinski definition) is 2. The van der Waals surface area contributed by atoms with Gasteiger partial charge in [-0.3, -0.25) is 4.79 Å². The van der Waals surface area contributed by atoms with Crippen molar-refractivity contribution < 1.29 is 4.79 Å². The minimum Gasteiger partial charge on any atom is -0.324 e. The average Bonchev–Trinajstić information content (AvgIpc) is 2.50. The molecule has 1 amide bonds. The third-order valence-electron chi connectivity index (χ3n) is 4.38. The molecule has 0 aromatic heterocycles. The number of anilines is 1. The fraction of sp³-hybridized carbons (Fsp3) is 0.650. The molecule has 0 fully saturated rings. The van der Waals surface area contributed by atoms with Crippen LogP contribution in [0.25, 0.3) is 0 Å². The number of hydrogen-bond donors (Lipinski definition) is 2. The number of para-hydroxylation sites is 1. The first-order valence-corrected chi connectivity index (χ1v) is 9.01. The number of carbonyl (C=O) groups excluding carboxylic acids is 1. The van der Waals surface area contributed by atoms with Crippen molar-refractivity contribution in [3.05, 3.63) is 29.3 Å². The van der Waals surface area contributed by atoms with E-state index in [2.05, 4.69) is 17.6 Å². The lowest BCUT2D eigenvalue weighted by atomic mass is 10.0. The van der Waals surface area contributed by atoms with Gasteiger partial charge in [-0.15, -0.1) is 0 Å². The van der Waals surface area contributed by atoms with Crippen molar-refractivity contribution in [2.45, 2.75) is 78.7 Å². The Hall–Kier alpha value is -1.35. The molecule has 0 aliphatic carbocycles. The highest BCUT2D eigenvalue weighted by molar-refractivity contribution is 5.98. The number of amides is 1. The number of aryl methyl sites for hydroxylation is 2. The van der Waals surface area contributed by atoms with Crippen LogP contribution < -0.4 is 10.6 Å². The fourth-order valence-corrected chi connectivity index (χ4v) is 2.67. The van der Waals surface area contributed by atoms with Crippen molar-refractivity contribution >= 4 is 11.6 Å². The molecule has 0 unspecified atom stereocenters. The molecule has 0 saturated heterocycles. The van der Waals surface area contributed by atoms with Gasteiger partial charge in [-0.25, -0.2) is 0 Å². The van der Waals surface area contributed by atoms with E-state index >= 15 is 0 Å². The Balaban J connectivity index is 2.42. The maximum Gasteiger partial charge on any atom is 0.244 e. The van der Waals surface area contributed by atoms with E-state index in [0.29, 0.717) is 0 Å². The maximum atomic E-state index is 12.6. The van der Waals surface area contributed by atoms with E-state index in [0.717, 1.165) is 29.8 Å². The summed E-state index contributed by atoms with van der Waals surface area (Å²) in [6.07, 6.45) is 7.60. The molecular weight excluding hydrogens is 284 g/mol. The molecule has 0 heterocycles. The van der Waals surface area contributed by atoms with Gasteiger partial charge >= 0.3 is 0 Å². The van der Waals surface area contributed by atoms with Crippen molar-refractivity contribution in [3.8, 4) is 0 Å². The van der Waals surface area contributed by atoms with Crippen molar-refractivity contribution in [1.82, 2.24) is 5.32 Å². The van der Waals surface area contributed by atoms with Crippen molar-refractivity contribution in [2.75, 3.05) is 11.9 Å². The van der Waals surface area contributed by atoms with Gasteiger partial charge in [0.15, 0.2) is 0 Å². The lowest BCUT2D eigenvalue weighted by molar-refractivity contribution is -0.121. The molecule has 2 N–H and O–H groups in total. The predicted molar refractivity (Wildman–Crippen MR) is 100 cm³/mol. The van der Waals surface area contributed by atoms with Crippen molar-refractivity contribution in [2.24, 2.45) is 0 Å². The van der Waals surface area contributed by atoms with Gasteiger partial charge in [0, 0.05) is 5.69 Å².